The number of nitrogens with one attached hydrogen (secondary N) is 1. The van der Waals surface area contributed by atoms with Crippen LogP contribution in [0.1, 0.15) is 16.8 Å². The largest absolute Gasteiger partial charge is 0.487 e. The Morgan fingerprint density at radius 1 is 1.26 bits per heavy atom. The predicted molar refractivity (Wildman–Crippen MR) is 115 cm³/mol. The quantitative estimate of drug-likeness (QED) is 0.230. The molecule has 0 fully saturated rings. The zero-order valence-corrected chi connectivity index (χ0v) is 18.1. The van der Waals surface area contributed by atoms with E-state index in [1.54, 1.807) is 6.07 Å². The number of rotatable bonds is 11. The van der Waals surface area contributed by atoms with E-state index in [9.17, 15) is 24.1 Å². The molecule has 1 N–H and O–H groups in total. The van der Waals surface area contributed by atoms with Crippen LogP contribution in [0.2, 0.25) is 5.02 Å². The Kier molecular flexibility index (Phi) is 9.54. The maximum absolute atomic E-state index is 13.5. The van der Waals surface area contributed by atoms with E-state index in [-0.39, 0.29) is 35.2 Å². The van der Waals surface area contributed by atoms with Gasteiger partial charge >= 0.3 is 5.97 Å². The third-order valence-corrected chi connectivity index (χ3v) is 4.99. The summed E-state index contributed by atoms with van der Waals surface area (Å²) in [6, 6.07) is 8.31. The van der Waals surface area contributed by atoms with Crippen LogP contribution in [0.4, 0.5) is 10.1 Å². The molecule has 11 heteroatoms. The third kappa shape index (κ3) is 7.41. The molecule has 1 amide bonds. The molecule has 0 aliphatic rings. The number of halogens is 2. The fourth-order valence-corrected chi connectivity index (χ4v) is 3.21. The Hall–Kier alpha value is -2.85. The summed E-state index contributed by atoms with van der Waals surface area (Å²) in [4.78, 5) is 35.1. The van der Waals surface area contributed by atoms with Crippen LogP contribution < -0.4 is 10.1 Å². The van der Waals surface area contributed by atoms with Gasteiger partial charge in [0.2, 0.25) is 0 Å². The number of hydrogen-bond donors (Lipinski definition) is 1. The van der Waals surface area contributed by atoms with Crippen LogP contribution in [0, 0.1) is 15.9 Å². The highest BCUT2D eigenvalue weighted by molar-refractivity contribution is 7.98. The van der Waals surface area contributed by atoms with Gasteiger partial charge in [-0.05, 0) is 36.6 Å². The van der Waals surface area contributed by atoms with E-state index in [0.29, 0.717) is 12.2 Å². The van der Waals surface area contributed by atoms with Crippen LogP contribution >= 0.6 is 23.4 Å². The van der Waals surface area contributed by atoms with E-state index in [4.69, 9.17) is 21.1 Å². The van der Waals surface area contributed by atoms with Crippen molar-refractivity contribution in [2.45, 2.75) is 12.5 Å². The lowest BCUT2D eigenvalue weighted by Gasteiger charge is -2.18. The van der Waals surface area contributed by atoms with Crippen molar-refractivity contribution in [1.29, 1.82) is 0 Å². The fourth-order valence-electron chi connectivity index (χ4n) is 2.48. The number of nitrogens with zero attached hydrogens (tertiary/aromatic N) is 1. The normalized spacial score (nSPS) is 11.5. The molecule has 0 radical (unpaired) electrons. The molecule has 166 valence electrons. The van der Waals surface area contributed by atoms with Crippen molar-refractivity contribution in [3.8, 4) is 5.75 Å². The van der Waals surface area contributed by atoms with Crippen LogP contribution in [0.5, 0.6) is 5.75 Å². The standard InChI is InChI=1S/C20H20ClFN2O6S/c1-31-11-8-17(20(26)30-10-9-29-18-5-3-2-4-16(18)22)23-19(25)14-7-6-13(24(27)28)12-15(14)21/h2-7,12,17H,8-11H2,1H3,(H,23,25). The number of para-hydroxylation sites is 1. The van der Waals surface area contributed by atoms with Gasteiger partial charge in [0.25, 0.3) is 11.6 Å². The number of nitro benzene ring substituents is 1. The van der Waals surface area contributed by atoms with Crippen LogP contribution in [-0.2, 0) is 9.53 Å². The number of non-ortho nitro benzene ring substituents is 1. The number of thioether (sulfide) groups is 1. The lowest BCUT2D eigenvalue weighted by Crippen LogP contribution is -2.42. The first-order chi connectivity index (χ1) is 14.8. The molecule has 2 rings (SSSR count). The first-order valence-corrected chi connectivity index (χ1v) is 10.9. The summed E-state index contributed by atoms with van der Waals surface area (Å²) in [5, 5.41) is 13.2. The van der Waals surface area contributed by atoms with Crippen LogP contribution in [0.3, 0.4) is 0 Å². The number of carbonyl (C=O) groups is 2. The zero-order chi connectivity index (χ0) is 22.8. The van der Waals surface area contributed by atoms with Gasteiger partial charge in [-0.1, -0.05) is 23.7 Å². The van der Waals surface area contributed by atoms with E-state index in [1.165, 1.54) is 36.0 Å². The summed E-state index contributed by atoms with van der Waals surface area (Å²) >= 11 is 7.46. The number of nitro groups is 1. The van der Waals surface area contributed by atoms with Crippen LogP contribution in [0.25, 0.3) is 0 Å². The molecular weight excluding hydrogens is 451 g/mol. The summed E-state index contributed by atoms with van der Waals surface area (Å²) in [6.07, 6.45) is 2.14. The molecule has 0 spiro atoms. The first-order valence-electron chi connectivity index (χ1n) is 9.11. The molecule has 0 saturated carbocycles. The molecule has 0 aliphatic carbocycles. The monoisotopic (exact) mass is 470 g/mol. The molecule has 2 aromatic carbocycles. The number of ether oxygens (including phenoxy) is 2. The third-order valence-electron chi connectivity index (χ3n) is 4.03. The highest BCUT2D eigenvalue weighted by Gasteiger charge is 2.24. The minimum Gasteiger partial charge on any atom is -0.487 e. The fraction of sp³-hybridized carbons (Fsp3) is 0.300. The van der Waals surface area contributed by atoms with Crippen molar-refractivity contribution in [2.24, 2.45) is 0 Å². The van der Waals surface area contributed by atoms with Crippen molar-refractivity contribution in [2.75, 3.05) is 25.2 Å². The van der Waals surface area contributed by atoms with Gasteiger partial charge < -0.3 is 14.8 Å². The number of hydrogen-bond acceptors (Lipinski definition) is 7. The highest BCUT2D eigenvalue weighted by atomic mass is 35.5. The highest BCUT2D eigenvalue weighted by Crippen LogP contribution is 2.22. The van der Waals surface area contributed by atoms with Gasteiger partial charge in [-0.3, -0.25) is 14.9 Å². The Labute approximate surface area is 187 Å². The maximum atomic E-state index is 13.5. The molecule has 0 heterocycles. The van der Waals surface area contributed by atoms with Crippen LogP contribution in [-0.4, -0.2) is 48.1 Å². The van der Waals surface area contributed by atoms with Gasteiger partial charge in [-0.2, -0.15) is 11.8 Å². The molecule has 1 atom stereocenters. The van der Waals surface area contributed by atoms with Gasteiger partial charge in [0.15, 0.2) is 11.6 Å². The molecule has 31 heavy (non-hydrogen) atoms. The summed E-state index contributed by atoms with van der Waals surface area (Å²) < 4.78 is 23.9. The molecule has 0 saturated heterocycles. The van der Waals surface area contributed by atoms with Gasteiger partial charge in [0.1, 0.15) is 19.3 Å². The van der Waals surface area contributed by atoms with Crippen molar-refractivity contribution >= 4 is 40.9 Å². The predicted octanol–water partition coefficient (Wildman–Crippen LogP) is 3.86. The Balaban J connectivity index is 1.95. The summed E-state index contributed by atoms with van der Waals surface area (Å²) in [5.74, 6) is -1.26. The first kappa shape index (κ1) is 24.4. The lowest BCUT2D eigenvalue weighted by molar-refractivity contribution is -0.384. The van der Waals surface area contributed by atoms with Crippen molar-refractivity contribution in [1.82, 2.24) is 5.32 Å². The number of benzene rings is 2. The van der Waals surface area contributed by atoms with Crippen LogP contribution in [0.15, 0.2) is 42.5 Å². The van der Waals surface area contributed by atoms with E-state index in [1.807, 2.05) is 6.26 Å². The topological polar surface area (TPSA) is 108 Å². The number of carbonyl (C=O) groups excluding carboxylic acids is 2. The minimum atomic E-state index is -0.959. The van der Waals surface area contributed by atoms with E-state index < -0.39 is 28.7 Å². The second kappa shape index (κ2) is 12.1. The average Bonchev–Trinajstić information content (AvgIpc) is 2.74. The molecule has 1 unspecified atom stereocenters. The van der Waals surface area contributed by atoms with Gasteiger partial charge in [0.05, 0.1) is 15.5 Å². The van der Waals surface area contributed by atoms with Crippen molar-refractivity contribution < 1.29 is 28.4 Å². The Morgan fingerprint density at radius 2 is 2.00 bits per heavy atom. The maximum Gasteiger partial charge on any atom is 0.328 e. The van der Waals surface area contributed by atoms with Gasteiger partial charge in [-0.15, -0.1) is 0 Å². The molecular formula is C20H20ClFN2O6S. The lowest BCUT2D eigenvalue weighted by atomic mass is 10.1. The number of amides is 1. The SMILES string of the molecule is CSCCC(NC(=O)c1ccc([N+](=O)[O-])cc1Cl)C(=O)OCCOc1ccccc1F. The molecule has 0 aliphatic heterocycles. The summed E-state index contributed by atoms with van der Waals surface area (Å²) in [5.41, 5.74) is -0.258. The van der Waals surface area contributed by atoms with Gasteiger partial charge in [0, 0.05) is 12.1 Å². The second-order valence-electron chi connectivity index (χ2n) is 6.18. The smallest absolute Gasteiger partial charge is 0.328 e. The Bertz CT molecular complexity index is 946. The zero-order valence-electron chi connectivity index (χ0n) is 16.5. The van der Waals surface area contributed by atoms with Crippen molar-refractivity contribution in [3.05, 3.63) is 69.0 Å². The molecule has 0 aromatic heterocycles. The summed E-state index contributed by atoms with van der Waals surface area (Å²) in [6.45, 7) is -0.207. The molecule has 0 bridgehead atoms. The van der Waals surface area contributed by atoms with E-state index in [2.05, 4.69) is 5.32 Å². The minimum absolute atomic E-state index is 0.00268. The molecule has 2 aromatic rings. The average molecular weight is 471 g/mol. The van der Waals surface area contributed by atoms with Gasteiger partial charge in [-0.25, -0.2) is 9.18 Å². The Morgan fingerprint density at radius 3 is 2.65 bits per heavy atom. The second-order valence-corrected chi connectivity index (χ2v) is 7.57. The van der Waals surface area contributed by atoms with Crippen molar-refractivity contribution in [3.63, 3.8) is 0 Å². The van der Waals surface area contributed by atoms with E-state index in [0.717, 1.165) is 12.1 Å². The molecule has 8 nitrogen and oxygen atoms in total. The van der Waals surface area contributed by atoms with E-state index >= 15 is 0 Å². The summed E-state index contributed by atoms with van der Waals surface area (Å²) in [7, 11) is 0. The number of esters is 1.